The fourth-order valence-corrected chi connectivity index (χ4v) is 3.06. The van der Waals surface area contributed by atoms with Crippen LogP contribution in [-0.4, -0.2) is 14.2 Å². The summed E-state index contributed by atoms with van der Waals surface area (Å²) >= 11 is 16.0. The molecule has 1 N–H and O–H groups in total. The van der Waals surface area contributed by atoms with E-state index in [0.29, 0.717) is 10.0 Å². The van der Waals surface area contributed by atoms with Crippen molar-refractivity contribution in [3.05, 3.63) is 61.5 Å². The van der Waals surface area contributed by atoms with E-state index in [1.807, 2.05) is 32.2 Å². The molecule has 0 aliphatic heterocycles. The largest absolute Gasteiger partial charge is 0.496 e. The number of benzene rings is 2. The highest BCUT2D eigenvalue weighted by Crippen LogP contribution is 2.37. The predicted molar refractivity (Wildman–Crippen MR) is 92.8 cm³/mol. The van der Waals surface area contributed by atoms with Gasteiger partial charge in [0, 0.05) is 20.1 Å². The second kappa shape index (κ2) is 7.01. The molecule has 2 rings (SSSR count). The third kappa shape index (κ3) is 3.54. The summed E-state index contributed by atoms with van der Waals surface area (Å²) in [7, 11) is 3.55. The van der Waals surface area contributed by atoms with Gasteiger partial charge in [-0.1, -0.05) is 39.1 Å². The van der Waals surface area contributed by atoms with E-state index < -0.39 is 0 Å². The number of hydrogen-bond acceptors (Lipinski definition) is 2. The van der Waals surface area contributed by atoms with Crippen molar-refractivity contribution < 1.29 is 4.74 Å². The first-order chi connectivity index (χ1) is 9.97. The zero-order valence-electron chi connectivity index (χ0n) is 12.0. The molecule has 5 heteroatoms. The molecule has 21 heavy (non-hydrogen) atoms. The van der Waals surface area contributed by atoms with Gasteiger partial charge in [-0.25, -0.2) is 0 Å². The lowest BCUT2D eigenvalue weighted by Gasteiger charge is -2.22. The summed E-state index contributed by atoms with van der Waals surface area (Å²) in [4.78, 5) is 0. The van der Waals surface area contributed by atoms with Crippen molar-refractivity contribution in [2.75, 3.05) is 14.2 Å². The van der Waals surface area contributed by atoms with Crippen molar-refractivity contribution in [3.63, 3.8) is 0 Å². The number of nitrogens with one attached hydrogen (secondary N) is 1. The average Bonchev–Trinajstić information content (AvgIpc) is 2.46. The molecule has 0 bridgehead atoms. The van der Waals surface area contributed by atoms with Crippen molar-refractivity contribution in [3.8, 4) is 5.75 Å². The van der Waals surface area contributed by atoms with Crippen LogP contribution in [-0.2, 0) is 0 Å². The van der Waals surface area contributed by atoms with Gasteiger partial charge >= 0.3 is 0 Å². The molecule has 0 aliphatic rings. The minimum atomic E-state index is -0.108. The number of halogens is 3. The topological polar surface area (TPSA) is 21.3 Å². The Morgan fingerprint density at radius 2 is 1.86 bits per heavy atom. The van der Waals surface area contributed by atoms with E-state index in [1.165, 1.54) is 0 Å². The van der Waals surface area contributed by atoms with E-state index >= 15 is 0 Å². The van der Waals surface area contributed by atoms with Gasteiger partial charge in [0.25, 0.3) is 0 Å². The molecule has 0 amide bonds. The second-order valence-corrected chi connectivity index (χ2v) is 6.43. The van der Waals surface area contributed by atoms with E-state index in [1.54, 1.807) is 19.2 Å². The summed E-state index contributed by atoms with van der Waals surface area (Å²) in [5, 5.41) is 4.60. The van der Waals surface area contributed by atoms with Crippen molar-refractivity contribution in [2.24, 2.45) is 0 Å². The molecule has 2 nitrogen and oxygen atoms in total. The normalized spacial score (nSPS) is 12.3. The van der Waals surface area contributed by atoms with E-state index in [-0.39, 0.29) is 6.04 Å². The molecule has 2 aromatic carbocycles. The number of methoxy groups -OCH3 is 1. The molecule has 0 radical (unpaired) electrons. The van der Waals surface area contributed by atoms with E-state index in [4.69, 9.17) is 27.9 Å². The summed E-state index contributed by atoms with van der Waals surface area (Å²) in [5.41, 5.74) is 3.03. The van der Waals surface area contributed by atoms with Crippen LogP contribution in [0.2, 0.25) is 10.0 Å². The van der Waals surface area contributed by atoms with Gasteiger partial charge < -0.3 is 10.1 Å². The molecule has 0 aromatic heterocycles. The first-order valence-electron chi connectivity index (χ1n) is 6.44. The maximum atomic E-state index is 6.34. The van der Waals surface area contributed by atoms with Gasteiger partial charge in [0.05, 0.1) is 13.2 Å². The van der Waals surface area contributed by atoms with Crippen LogP contribution < -0.4 is 10.1 Å². The van der Waals surface area contributed by atoms with Gasteiger partial charge in [-0.3, -0.25) is 0 Å². The molecule has 0 saturated carbocycles. The van der Waals surface area contributed by atoms with Gasteiger partial charge in [0.2, 0.25) is 0 Å². The maximum Gasteiger partial charge on any atom is 0.124 e. The first-order valence-corrected chi connectivity index (χ1v) is 7.99. The van der Waals surface area contributed by atoms with Gasteiger partial charge in [0.1, 0.15) is 5.75 Å². The fraction of sp³-hybridized carbons (Fsp3) is 0.250. The molecule has 1 unspecified atom stereocenters. The van der Waals surface area contributed by atoms with E-state index in [0.717, 1.165) is 26.9 Å². The van der Waals surface area contributed by atoms with Crippen LogP contribution in [0.15, 0.2) is 34.8 Å². The maximum absolute atomic E-state index is 6.34. The number of rotatable bonds is 4. The van der Waals surface area contributed by atoms with Crippen LogP contribution in [0.4, 0.5) is 0 Å². The lowest BCUT2D eigenvalue weighted by atomic mass is 9.97. The van der Waals surface area contributed by atoms with Gasteiger partial charge in [-0.2, -0.15) is 0 Å². The van der Waals surface area contributed by atoms with Gasteiger partial charge in [-0.05, 0) is 55.4 Å². The van der Waals surface area contributed by atoms with E-state index in [2.05, 4.69) is 21.2 Å². The molecule has 0 heterocycles. The van der Waals surface area contributed by atoms with Crippen molar-refractivity contribution in [2.45, 2.75) is 13.0 Å². The number of aryl methyl sites for hydroxylation is 1. The fourth-order valence-electron chi connectivity index (χ4n) is 2.29. The lowest BCUT2D eigenvalue weighted by Crippen LogP contribution is -2.19. The highest BCUT2D eigenvalue weighted by atomic mass is 79.9. The molecule has 112 valence electrons. The Labute approximate surface area is 143 Å². The third-order valence-corrected chi connectivity index (χ3v) is 4.81. The van der Waals surface area contributed by atoms with Crippen LogP contribution in [0, 0.1) is 6.92 Å². The summed E-state index contributed by atoms with van der Waals surface area (Å²) in [5.74, 6) is 0.811. The molecular formula is C16H16BrCl2NO. The Balaban J connectivity index is 2.61. The molecule has 1 atom stereocenters. The standard InChI is InChI=1S/C16H16BrCl2NO/c1-9-6-15(21-3)12(8-13(9)17)16(20-2)11-7-10(18)4-5-14(11)19/h4-8,16,20H,1-3H3. The minimum Gasteiger partial charge on any atom is -0.496 e. The minimum absolute atomic E-state index is 0.108. The second-order valence-electron chi connectivity index (χ2n) is 4.73. The predicted octanol–water partition coefficient (Wildman–Crippen LogP) is 5.38. The highest BCUT2D eigenvalue weighted by Gasteiger charge is 2.20. The Morgan fingerprint density at radius 3 is 2.48 bits per heavy atom. The van der Waals surface area contributed by atoms with Crippen LogP contribution in [0.5, 0.6) is 5.75 Å². The average molecular weight is 389 g/mol. The Bertz CT molecular complexity index is 661. The molecule has 0 saturated heterocycles. The first kappa shape index (κ1) is 16.6. The van der Waals surface area contributed by atoms with E-state index in [9.17, 15) is 0 Å². The summed E-state index contributed by atoms with van der Waals surface area (Å²) in [6.45, 7) is 2.02. The summed E-state index contributed by atoms with van der Waals surface area (Å²) in [6.07, 6.45) is 0. The van der Waals surface area contributed by atoms with Crippen molar-refractivity contribution >= 4 is 39.1 Å². The van der Waals surface area contributed by atoms with Crippen LogP contribution in [0.1, 0.15) is 22.7 Å². The molecule has 0 aliphatic carbocycles. The number of hydrogen-bond donors (Lipinski definition) is 1. The quantitative estimate of drug-likeness (QED) is 0.758. The van der Waals surface area contributed by atoms with Crippen LogP contribution in [0.3, 0.4) is 0 Å². The third-order valence-electron chi connectivity index (χ3n) is 3.38. The smallest absolute Gasteiger partial charge is 0.124 e. The Morgan fingerprint density at radius 1 is 1.14 bits per heavy atom. The lowest BCUT2D eigenvalue weighted by molar-refractivity contribution is 0.405. The van der Waals surface area contributed by atoms with Crippen molar-refractivity contribution in [1.29, 1.82) is 0 Å². The zero-order valence-corrected chi connectivity index (χ0v) is 15.1. The highest BCUT2D eigenvalue weighted by molar-refractivity contribution is 9.10. The Hall–Kier alpha value is -0.740. The summed E-state index contributed by atoms with van der Waals surface area (Å²) in [6, 6.07) is 9.40. The van der Waals surface area contributed by atoms with Crippen molar-refractivity contribution in [1.82, 2.24) is 5.32 Å². The molecule has 0 fully saturated rings. The van der Waals surface area contributed by atoms with Crippen LogP contribution >= 0.6 is 39.1 Å². The SMILES string of the molecule is CNC(c1cc(Cl)ccc1Cl)c1cc(Br)c(C)cc1OC. The van der Waals surface area contributed by atoms with Crippen LogP contribution in [0.25, 0.3) is 0 Å². The van der Waals surface area contributed by atoms with Gasteiger partial charge in [-0.15, -0.1) is 0 Å². The molecular weight excluding hydrogens is 373 g/mol. The summed E-state index contributed by atoms with van der Waals surface area (Å²) < 4.78 is 6.54. The zero-order chi connectivity index (χ0) is 15.6. The molecule has 0 spiro atoms. The Kier molecular flexibility index (Phi) is 5.55. The number of ether oxygens (including phenoxy) is 1. The monoisotopic (exact) mass is 387 g/mol. The van der Waals surface area contributed by atoms with Gasteiger partial charge in [0.15, 0.2) is 0 Å². The molecule has 2 aromatic rings.